The van der Waals surface area contributed by atoms with Gasteiger partial charge in [0.25, 0.3) is 11.5 Å². The van der Waals surface area contributed by atoms with E-state index < -0.39 is 0 Å². The number of hydrogen-bond acceptors (Lipinski definition) is 7. The van der Waals surface area contributed by atoms with Gasteiger partial charge in [0, 0.05) is 38.8 Å². The number of piperazine rings is 1. The van der Waals surface area contributed by atoms with Gasteiger partial charge >= 0.3 is 0 Å². The predicted molar refractivity (Wildman–Crippen MR) is 141 cm³/mol. The molecule has 2 fully saturated rings. The van der Waals surface area contributed by atoms with Crippen LogP contribution >= 0.6 is 24.0 Å². The number of amides is 1. The quantitative estimate of drug-likeness (QED) is 0.478. The van der Waals surface area contributed by atoms with E-state index >= 15 is 0 Å². The van der Waals surface area contributed by atoms with E-state index in [0.717, 1.165) is 43.1 Å². The molecule has 34 heavy (non-hydrogen) atoms. The second-order valence-electron chi connectivity index (χ2n) is 8.64. The number of aromatic nitrogens is 1. The molecule has 0 saturated carbocycles. The summed E-state index contributed by atoms with van der Waals surface area (Å²) in [5.41, 5.74) is 2.08. The van der Waals surface area contributed by atoms with Crippen molar-refractivity contribution in [3.63, 3.8) is 0 Å². The topological polar surface area (TPSA) is 72.6 Å². The lowest BCUT2D eigenvalue weighted by molar-refractivity contribution is -0.123. The minimum absolute atomic E-state index is 0.0970. The Morgan fingerprint density at radius 3 is 2.38 bits per heavy atom. The first-order chi connectivity index (χ1) is 16.2. The Balaban J connectivity index is 1.80. The molecule has 1 aromatic carbocycles. The lowest BCUT2D eigenvalue weighted by Gasteiger charge is -2.36. The first-order valence-corrected chi connectivity index (χ1v) is 12.4. The molecular formula is C25H27N5O2S2. The molecule has 4 rings (SSSR count). The van der Waals surface area contributed by atoms with Crippen molar-refractivity contribution in [2.45, 2.75) is 19.9 Å². The number of rotatable bonds is 4. The molecule has 0 aliphatic carbocycles. The number of anilines is 1. The lowest BCUT2D eigenvalue weighted by Crippen LogP contribution is -2.46. The van der Waals surface area contributed by atoms with Crippen LogP contribution in [-0.4, -0.2) is 57.8 Å². The first-order valence-electron chi connectivity index (χ1n) is 11.1. The summed E-state index contributed by atoms with van der Waals surface area (Å²) in [6.07, 6.45) is 1.81. The Labute approximate surface area is 209 Å². The van der Waals surface area contributed by atoms with Crippen LogP contribution in [0.25, 0.3) is 6.08 Å². The molecule has 176 valence electrons. The molecule has 1 atom stereocenters. The number of likely N-dealkylation sites (N-methyl/N-ethyl adjacent to an activating group) is 1. The molecule has 1 aromatic heterocycles. The van der Waals surface area contributed by atoms with Crippen LogP contribution in [0.15, 0.2) is 40.0 Å². The van der Waals surface area contributed by atoms with Gasteiger partial charge in [-0.1, -0.05) is 54.3 Å². The monoisotopic (exact) mass is 493 g/mol. The van der Waals surface area contributed by atoms with E-state index in [1.807, 2.05) is 37.3 Å². The molecule has 7 nitrogen and oxygen atoms in total. The molecule has 2 aliphatic heterocycles. The maximum Gasteiger partial charge on any atom is 0.270 e. The van der Waals surface area contributed by atoms with Gasteiger partial charge in [0.05, 0.1) is 10.9 Å². The molecule has 3 heterocycles. The van der Waals surface area contributed by atoms with Crippen molar-refractivity contribution in [3.8, 4) is 6.07 Å². The normalized spacial score (nSPS) is 19.1. The molecule has 9 heteroatoms. The standard InChI is InChI=1S/C25H27N5O2S2/c1-16-19(22(28(4)23(31)20(16)15-26)29-12-10-27(3)11-13-29)14-21-24(32)30(25(33)34-21)17(2)18-8-6-5-7-9-18/h5-9,14,17H,10-13H2,1-4H3/b21-14-. The molecule has 0 spiro atoms. The molecule has 2 aromatic rings. The van der Waals surface area contributed by atoms with Crippen LogP contribution in [0, 0.1) is 18.3 Å². The van der Waals surface area contributed by atoms with Crippen molar-refractivity contribution in [2.24, 2.45) is 7.05 Å². The number of thiocarbonyl (C=S) groups is 1. The van der Waals surface area contributed by atoms with E-state index in [1.54, 1.807) is 24.9 Å². The van der Waals surface area contributed by atoms with E-state index in [9.17, 15) is 14.9 Å². The minimum Gasteiger partial charge on any atom is -0.355 e. The highest BCUT2D eigenvalue weighted by molar-refractivity contribution is 8.26. The number of pyridine rings is 1. The zero-order valence-electron chi connectivity index (χ0n) is 19.7. The van der Waals surface area contributed by atoms with Gasteiger partial charge in [-0.15, -0.1) is 0 Å². The predicted octanol–water partition coefficient (Wildman–Crippen LogP) is 3.28. The van der Waals surface area contributed by atoms with Crippen LogP contribution in [0.5, 0.6) is 0 Å². The second kappa shape index (κ2) is 9.74. The maximum absolute atomic E-state index is 13.5. The van der Waals surface area contributed by atoms with Crippen LogP contribution < -0.4 is 10.5 Å². The Hall–Kier alpha value is -2.93. The van der Waals surface area contributed by atoms with E-state index in [4.69, 9.17) is 12.2 Å². The SMILES string of the molecule is Cc1c(/C=C2\SC(=S)N(C(C)c3ccccc3)C2=O)c(N2CCN(C)CC2)n(C)c(=O)c1C#N. The van der Waals surface area contributed by atoms with Gasteiger partial charge in [-0.2, -0.15) is 5.26 Å². The molecule has 0 radical (unpaired) electrons. The Kier molecular flexibility index (Phi) is 6.94. The van der Waals surface area contributed by atoms with Gasteiger partial charge in [-0.05, 0) is 38.1 Å². The zero-order chi connectivity index (χ0) is 24.6. The van der Waals surface area contributed by atoms with Crippen molar-refractivity contribution >= 4 is 46.1 Å². The van der Waals surface area contributed by atoms with Crippen molar-refractivity contribution in [1.82, 2.24) is 14.4 Å². The summed E-state index contributed by atoms with van der Waals surface area (Å²) in [4.78, 5) is 32.9. The van der Waals surface area contributed by atoms with Gasteiger partial charge in [0.15, 0.2) is 0 Å². The maximum atomic E-state index is 13.5. The molecule has 0 N–H and O–H groups in total. The van der Waals surface area contributed by atoms with Crippen LogP contribution in [-0.2, 0) is 11.8 Å². The van der Waals surface area contributed by atoms with Crippen molar-refractivity contribution in [2.75, 3.05) is 38.1 Å². The number of carbonyl (C=O) groups is 1. The van der Waals surface area contributed by atoms with Gasteiger partial charge in [-0.25, -0.2) is 0 Å². The number of hydrogen-bond donors (Lipinski definition) is 0. The highest BCUT2D eigenvalue weighted by atomic mass is 32.2. The summed E-state index contributed by atoms with van der Waals surface area (Å²) in [6.45, 7) is 6.97. The van der Waals surface area contributed by atoms with Gasteiger partial charge < -0.3 is 9.80 Å². The molecule has 2 saturated heterocycles. The van der Waals surface area contributed by atoms with Crippen LogP contribution in [0.2, 0.25) is 0 Å². The number of thioether (sulfide) groups is 1. The van der Waals surface area contributed by atoms with E-state index in [2.05, 4.69) is 22.9 Å². The van der Waals surface area contributed by atoms with Crippen molar-refractivity contribution < 1.29 is 4.79 Å². The van der Waals surface area contributed by atoms with E-state index in [-0.39, 0.29) is 23.1 Å². The van der Waals surface area contributed by atoms with Gasteiger partial charge in [0.2, 0.25) is 0 Å². The minimum atomic E-state index is -0.323. The molecular weight excluding hydrogens is 466 g/mol. The summed E-state index contributed by atoms with van der Waals surface area (Å²) in [7, 11) is 3.76. The van der Waals surface area contributed by atoms with Crippen molar-refractivity contribution in [3.05, 3.63) is 67.8 Å². The third-order valence-electron chi connectivity index (χ3n) is 6.54. The Bertz CT molecular complexity index is 1270. The van der Waals surface area contributed by atoms with Gasteiger partial charge in [0.1, 0.15) is 21.8 Å². The average Bonchev–Trinajstić information content (AvgIpc) is 3.11. The Morgan fingerprint density at radius 2 is 1.76 bits per heavy atom. The van der Waals surface area contributed by atoms with Crippen molar-refractivity contribution in [1.29, 1.82) is 5.26 Å². The number of nitriles is 1. The van der Waals surface area contributed by atoms with Crippen LogP contribution in [0.1, 0.15) is 35.2 Å². The third kappa shape index (κ3) is 4.29. The Morgan fingerprint density at radius 1 is 1.12 bits per heavy atom. The number of nitrogens with zero attached hydrogens (tertiary/aromatic N) is 5. The van der Waals surface area contributed by atoms with Crippen LogP contribution in [0.4, 0.5) is 5.82 Å². The fourth-order valence-electron chi connectivity index (χ4n) is 4.44. The second-order valence-corrected chi connectivity index (χ2v) is 10.3. The smallest absolute Gasteiger partial charge is 0.270 e. The highest BCUT2D eigenvalue weighted by Crippen LogP contribution is 2.39. The average molecular weight is 494 g/mol. The number of benzene rings is 1. The fraction of sp³-hybridized carbons (Fsp3) is 0.360. The number of carbonyl (C=O) groups excluding carboxylic acids is 1. The first kappa shape index (κ1) is 24.2. The van der Waals surface area contributed by atoms with E-state index in [1.165, 1.54) is 16.3 Å². The third-order valence-corrected chi connectivity index (χ3v) is 7.87. The molecule has 0 bridgehead atoms. The summed E-state index contributed by atoms with van der Waals surface area (Å²) in [5, 5.41) is 9.67. The largest absolute Gasteiger partial charge is 0.355 e. The zero-order valence-corrected chi connectivity index (χ0v) is 21.4. The van der Waals surface area contributed by atoms with Crippen LogP contribution in [0.3, 0.4) is 0 Å². The fourth-order valence-corrected chi connectivity index (χ4v) is 5.84. The molecule has 2 aliphatic rings. The lowest BCUT2D eigenvalue weighted by atomic mass is 10.0. The summed E-state index contributed by atoms with van der Waals surface area (Å²) in [5.74, 6) is 0.568. The van der Waals surface area contributed by atoms with Gasteiger partial charge in [-0.3, -0.25) is 19.1 Å². The highest BCUT2D eigenvalue weighted by Gasteiger charge is 2.36. The summed E-state index contributed by atoms with van der Waals surface area (Å²) in [6, 6.07) is 11.6. The molecule has 1 amide bonds. The van der Waals surface area contributed by atoms with E-state index in [0.29, 0.717) is 14.8 Å². The summed E-state index contributed by atoms with van der Waals surface area (Å²) < 4.78 is 2.03. The summed E-state index contributed by atoms with van der Waals surface area (Å²) >= 11 is 6.85. The molecule has 1 unspecified atom stereocenters.